The molecule has 0 spiro atoms. The van der Waals surface area contributed by atoms with Crippen LogP contribution in [0.1, 0.15) is 36.7 Å². The van der Waals surface area contributed by atoms with Crippen molar-refractivity contribution >= 4 is 23.8 Å². The van der Waals surface area contributed by atoms with Crippen molar-refractivity contribution in [3.63, 3.8) is 0 Å². The predicted octanol–water partition coefficient (Wildman–Crippen LogP) is 0.982. The number of aromatic amines is 1. The van der Waals surface area contributed by atoms with Crippen molar-refractivity contribution in [3.8, 4) is 0 Å². The van der Waals surface area contributed by atoms with E-state index in [1.165, 1.54) is 6.92 Å². The lowest BCUT2D eigenvalue weighted by molar-refractivity contribution is -0.176. The minimum Gasteiger partial charge on any atom is -0.463 e. The van der Waals surface area contributed by atoms with E-state index in [4.69, 9.17) is 14.2 Å². The number of carbonyl (C=O) groups excluding carboxylic acids is 4. The van der Waals surface area contributed by atoms with Crippen molar-refractivity contribution in [1.29, 1.82) is 0 Å². The topological polar surface area (TPSA) is 154 Å². The zero-order valence-electron chi connectivity index (χ0n) is 18.9. The molecule has 0 aliphatic carbocycles. The van der Waals surface area contributed by atoms with E-state index in [-0.39, 0.29) is 12.0 Å². The second kappa shape index (κ2) is 10.8. The fourth-order valence-corrected chi connectivity index (χ4v) is 3.39. The van der Waals surface area contributed by atoms with Crippen LogP contribution in [0.2, 0.25) is 0 Å². The molecule has 0 radical (unpaired) electrons. The number of ether oxygens (including phenoxy) is 3. The van der Waals surface area contributed by atoms with Crippen LogP contribution in [-0.4, -0.2) is 53.8 Å². The molecule has 3 rings (SSSR count). The van der Waals surface area contributed by atoms with Gasteiger partial charge in [-0.05, 0) is 18.9 Å². The largest absolute Gasteiger partial charge is 0.463 e. The Morgan fingerprint density at radius 2 is 1.85 bits per heavy atom. The van der Waals surface area contributed by atoms with E-state index in [9.17, 15) is 24.0 Å². The number of nitrogens with one attached hydrogen (secondary N) is 2. The van der Waals surface area contributed by atoms with Crippen LogP contribution in [0.5, 0.6) is 0 Å². The number of hydrogen-bond donors (Lipinski definition) is 2. The van der Waals surface area contributed by atoms with E-state index < -0.39 is 66.1 Å². The lowest BCUT2D eigenvalue weighted by atomic mass is 9.91. The van der Waals surface area contributed by atoms with E-state index in [2.05, 4.69) is 9.84 Å². The first-order valence-electron chi connectivity index (χ1n) is 10.8. The minimum atomic E-state index is -1.40. The molecular weight excluding hydrogens is 448 g/mol. The molecule has 182 valence electrons. The molecule has 1 saturated heterocycles. The Bertz CT molecular complexity index is 1090. The summed E-state index contributed by atoms with van der Waals surface area (Å²) in [6, 6.07) is 7.65. The number of hydrogen-bond acceptors (Lipinski definition) is 9. The molecule has 0 saturated carbocycles. The molecule has 34 heavy (non-hydrogen) atoms. The molecule has 2 heterocycles. The summed E-state index contributed by atoms with van der Waals surface area (Å²) >= 11 is 0. The van der Waals surface area contributed by atoms with Crippen LogP contribution in [0.3, 0.4) is 0 Å². The Labute approximate surface area is 194 Å². The van der Waals surface area contributed by atoms with Gasteiger partial charge in [0.25, 0.3) is 11.5 Å². The molecule has 2 aromatic rings. The van der Waals surface area contributed by atoms with Gasteiger partial charge in [-0.15, -0.1) is 0 Å². The van der Waals surface area contributed by atoms with Crippen molar-refractivity contribution in [2.24, 2.45) is 11.8 Å². The van der Waals surface area contributed by atoms with Gasteiger partial charge in [-0.25, -0.2) is 4.79 Å². The molecule has 1 aromatic heterocycles. The molecule has 1 aliphatic heterocycles. The van der Waals surface area contributed by atoms with Crippen LogP contribution in [0.4, 0.5) is 0 Å². The molecular formula is C23H26N2O9. The fourth-order valence-electron chi connectivity index (χ4n) is 3.39. The van der Waals surface area contributed by atoms with Gasteiger partial charge in [-0.2, -0.15) is 5.16 Å². The molecule has 11 nitrogen and oxygen atoms in total. The Morgan fingerprint density at radius 1 is 1.15 bits per heavy atom. The Morgan fingerprint density at radius 3 is 2.47 bits per heavy atom. The van der Waals surface area contributed by atoms with Crippen molar-refractivity contribution in [2.75, 3.05) is 6.61 Å². The van der Waals surface area contributed by atoms with Gasteiger partial charge in [-0.3, -0.25) is 19.2 Å². The molecule has 11 heteroatoms. The highest BCUT2D eigenvalue weighted by molar-refractivity contribution is 5.96. The lowest BCUT2D eigenvalue weighted by Crippen LogP contribution is -2.47. The maximum atomic E-state index is 13.1. The maximum absolute atomic E-state index is 13.1. The second-order valence-corrected chi connectivity index (χ2v) is 8.23. The van der Waals surface area contributed by atoms with Gasteiger partial charge in [0.1, 0.15) is 30.5 Å². The highest BCUT2D eigenvalue weighted by Crippen LogP contribution is 2.24. The smallest absolute Gasteiger partial charge is 0.332 e. The van der Waals surface area contributed by atoms with Crippen LogP contribution >= 0.6 is 0 Å². The molecule has 1 aromatic carbocycles. The Kier molecular flexibility index (Phi) is 7.87. The van der Waals surface area contributed by atoms with E-state index in [1.807, 2.05) is 23.4 Å². The van der Waals surface area contributed by atoms with Gasteiger partial charge in [-0.1, -0.05) is 44.2 Å². The normalized spacial score (nSPS) is 23.2. The first-order valence-corrected chi connectivity index (χ1v) is 10.8. The highest BCUT2D eigenvalue weighted by atomic mass is 16.6. The van der Waals surface area contributed by atoms with Crippen LogP contribution in [0.25, 0.3) is 0 Å². The van der Waals surface area contributed by atoms with E-state index >= 15 is 0 Å². The molecule has 4 atom stereocenters. The number of esters is 3. The zero-order valence-corrected chi connectivity index (χ0v) is 18.9. The van der Waals surface area contributed by atoms with Gasteiger partial charge in [0.05, 0.1) is 5.92 Å². The number of carbonyl (C=O) groups is 4. The third-order valence-electron chi connectivity index (χ3n) is 5.29. The van der Waals surface area contributed by atoms with Crippen molar-refractivity contribution < 1.29 is 37.9 Å². The van der Waals surface area contributed by atoms with Gasteiger partial charge >= 0.3 is 17.9 Å². The van der Waals surface area contributed by atoms with Crippen LogP contribution < -0.4 is 10.9 Å². The van der Waals surface area contributed by atoms with Gasteiger partial charge in [0.2, 0.25) is 0 Å². The molecule has 1 fully saturated rings. The number of benzene rings is 1. The summed E-state index contributed by atoms with van der Waals surface area (Å²) in [4.78, 5) is 62.2. The van der Waals surface area contributed by atoms with Gasteiger partial charge in [0, 0.05) is 0 Å². The predicted molar refractivity (Wildman–Crippen MR) is 115 cm³/mol. The molecule has 4 unspecified atom stereocenters. The molecule has 0 bridgehead atoms. The number of amides is 1. The number of cyclic esters (lactones) is 2. The summed E-state index contributed by atoms with van der Waals surface area (Å²) in [6.07, 6.45) is -1.10. The average molecular weight is 474 g/mol. The lowest BCUT2D eigenvalue weighted by Gasteiger charge is -2.29. The summed E-state index contributed by atoms with van der Waals surface area (Å²) in [5.41, 5.74) is -0.363. The summed E-state index contributed by atoms with van der Waals surface area (Å²) < 4.78 is 21.0. The minimum absolute atomic E-state index is 0.166. The second-order valence-electron chi connectivity index (χ2n) is 8.23. The third-order valence-corrected chi connectivity index (χ3v) is 5.29. The van der Waals surface area contributed by atoms with Crippen molar-refractivity contribution in [3.05, 3.63) is 58.1 Å². The number of rotatable bonds is 6. The van der Waals surface area contributed by atoms with Crippen molar-refractivity contribution in [1.82, 2.24) is 10.5 Å². The summed E-state index contributed by atoms with van der Waals surface area (Å²) in [5, 5.41) is 4.27. The van der Waals surface area contributed by atoms with Crippen LogP contribution in [-0.2, 0) is 35.0 Å². The number of aromatic nitrogens is 1. The fraction of sp³-hybridized carbons (Fsp3) is 0.435. The van der Waals surface area contributed by atoms with E-state index in [0.717, 1.165) is 11.8 Å². The first-order chi connectivity index (χ1) is 16.2. The quantitative estimate of drug-likeness (QED) is 0.460. The van der Waals surface area contributed by atoms with E-state index in [0.29, 0.717) is 0 Å². The summed E-state index contributed by atoms with van der Waals surface area (Å²) in [7, 11) is 0. The van der Waals surface area contributed by atoms with Gasteiger partial charge < -0.3 is 24.1 Å². The zero-order chi connectivity index (χ0) is 24.8. The van der Waals surface area contributed by atoms with Gasteiger partial charge in [0.15, 0.2) is 12.1 Å². The summed E-state index contributed by atoms with van der Waals surface area (Å²) in [5.74, 6) is -4.58. The maximum Gasteiger partial charge on any atom is 0.332 e. The van der Waals surface area contributed by atoms with Crippen molar-refractivity contribution in [2.45, 2.75) is 45.4 Å². The van der Waals surface area contributed by atoms with E-state index in [1.54, 1.807) is 26.0 Å². The van der Waals surface area contributed by atoms with Crippen LogP contribution in [0.15, 0.2) is 45.9 Å². The first kappa shape index (κ1) is 24.7. The average Bonchev–Trinajstić information content (AvgIpc) is 3.25. The Hall–Kier alpha value is -3.89. The Balaban J connectivity index is 1.87. The molecule has 1 aliphatic rings. The SMILES string of the molecule is CC(C)C(=O)OC1C(C)OC(=O)C(NC(=O)c2co[nH]c2=O)COC(=O)C1Cc1ccccc1. The highest BCUT2D eigenvalue weighted by Gasteiger charge is 2.42. The summed E-state index contributed by atoms with van der Waals surface area (Å²) in [6.45, 7) is 4.23. The third kappa shape index (κ3) is 5.91. The van der Waals surface area contributed by atoms with Crippen LogP contribution in [0, 0.1) is 11.8 Å². The molecule has 2 N–H and O–H groups in total. The molecule has 1 amide bonds. The monoisotopic (exact) mass is 474 g/mol. The standard InChI is InChI=1S/C23H26N2O9/c1-12(2)21(28)34-18-13(3)33-23(30)17(24-19(26)16-10-32-25-20(16)27)11-31-22(29)15(18)9-14-7-5-4-6-8-14/h4-8,10,12-13,15,17-18H,9,11H2,1-3H3,(H,24,26)(H,25,27). The number of H-pyrrole nitrogens is 1.